The van der Waals surface area contributed by atoms with Crippen molar-refractivity contribution in [1.29, 1.82) is 0 Å². The number of carboxylic acids is 1. The molecule has 0 atom stereocenters. The Labute approximate surface area is 147 Å². The van der Waals surface area contributed by atoms with E-state index < -0.39 is 5.97 Å². The normalized spacial score (nSPS) is 11.2. The van der Waals surface area contributed by atoms with Gasteiger partial charge in [-0.15, -0.1) is 0 Å². The predicted molar refractivity (Wildman–Crippen MR) is 96.8 cm³/mol. The van der Waals surface area contributed by atoms with E-state index in [1.807, 2.05) is 0 Å². The van der Waals surface area contributed by atoms with E-state index in [0.717, 1.165) is 36.8 Å². The molecule has 0 aliphatic rings. The zero-order valence-electron chi connectivity index (χ0n) is 15.6. The van der Waals surface area contributed by atoms with E-state index in [4.69, 9.17) is 9.84 Å². The molecule has 0 bridgehead atoms. The monoisotopic (exact) mass is 342 g/mol. The first-order valence-electron chi connectivity index (χ1n) is 9.20. The maximum Gasteiger partial charge on any atom is 0.330 e. The van der Waals surface area contributed by atoms with Gasteiger partial charge < -0.3 is 14.3 Å². The van der Waals surface area contributed by atoms with E-state index in [2.05, 4.69) is 20.7 Å². The number of quaternary nitrogens is 1. The fourth-order valence-corrected chi connectivity index (χ4v) is 2.62. The summed E-state index contributed by atoms with van der Waals surface area (Å²) in [6.45, 7) is 5.76. The number of nitrogens with zero attached hydrogens (tertiary/aromatic N) is 1. The Hall–Kier alpha value is -1.36. The SMILES string of the molecule is C=CC(=O)OCC[N+](C)(C)CCCCCCCCCCCC(=O)O. The second-order valence-corrected chi connectivity index (χ2v) is 7.08. The van der Waals surface area contributed by atoms with Crippen molar-refractivity contribution in [1.82, 2.24) is 0 Å². The van der Waals surface area contributed by atoms with Crippen LogP contribution >= 0.6 is 0 Å². The number of carbonyl (C=O) groups is 2. The van der Waals surface area contributed by atoms with Gasteiger partial charge in [-0.1, -0.05) is 45.1 Å². The van der Waals surface area contributed by atoms with Crippen molar-refractivity contribution in [3.05, 3.63) is 12.7 Å². The molecule has 0 fully saturated rings. The molecular formula is C19H36NO4+. The summed E-state index contributed by atoms with van der Waals surface area (Å²) in [7, 11) is 4.33. The third-order valence-corrected chi connectivity index (χ3v) is 4.26. The third-order valence-electron chi connectivity index (χ3n) is 4.26. The zero-order valence-corrected chi connectivity index (χ0v) is 15.6. The number of likely N-dealkylation sites (N-methyl/N-ethyl adjacent to an activating group) is 1. The van der Waals surface area contributed by atoms with Gasteiger partial charge in [0.2, 0.25) is 0 Å². The predicted octanol–water partition coefficient (Wildman–Crippen LogP) is 3.78. The van der Waals surface area contributed by atoms with Crippen molar-refractivity contribution in [2.75, 3.05) is 33.8 Å². The lowest BCUT2D eigenvalue weighted by Gasteiger charge is -2.29. The Morgan fingerprint density at radius 2 is 1.42 bits per heavy atom. The molecule has 0 aromatic carbocycles. The van der Waals surface area contributed by atoms with Gasteiger partial charge in [0.15, 0.2) is 0 Å². The average Bonchev–Trinajstić information content (AvgIpc) is 2.51. The summed E-state index contributed by atoms with van der Waals surface area (Å²) < 4.78 is 5.90. The highest BCUT2D eigenvalue weighted by molar-refractivity contribution is 5.81. The Kier molecular flexibility index (Phi) is 13.2. The van der Waals surface area contributed by atoms with E-state index >= 15 is 0 Å². The summed E-state index contributed by atoms with van der Waals surface area (Å²) in [5, 5.41) is 8.55. The van der Waals surface area contributed by atoms with Crippen LogP contribution in [0.15, 0.2) is 12.7 Å². The van der Waals surface area contributed by atoms with Gasteiger partial charge in [-0.3, -0.25) is 4.79 Å². The number of esters is 1. The highest BCUT2D eigenvalue weighted by atomic mass is 16.5. The third kappa shape index (κ3) is 15.5. The van der Waals surface area contributed by atoms with Crippen LogP contribution in [0.3, 0.4) is 0 Å². The van der Waals surface area contributed by atoms with E-state index in [-0.39, 0.29) is 5.97 Å². The number of aliphatic carboxylic acids is 1. The van der Waals surface area contributed by atoms with Gasteiger partial charge in [0, 0.05) is 12.5 Å². The fraction of sp³-hybridized carbons (Fsp3) is 0.789. The maximum atomic E-state index is 11.0. The number of hydrogen-bond acceptors (Lipinski definition) is 3. The number of unbranched alkanes of at least 4 members (excludes halogenated alkanes) is 8. The second-order valence-electron chi connectivity index (χ2n) is 7.08. The molecule has 0 aliphatic carbocycles. The number of hydrogen-bond donors (Lipinski definition) is 1. The molecule has 0 heterocycles. The molecule has 0 aromatic rings. The molecule has 5 nitrogen and oxygen atoms in total. The average molecular weight is 343 g/mol. The van der Waals surface area contributed by atoms with Crippen molar-refractivity contribution in [2.45, 2.75) is 64.2 Å². The van der Waals surface area contributed by atoms with Crippen molar-refractivity contribution in [2.24, 2.45) is 0 Å². The molecule has 0 aliphatic heterocycles. The first-order chi connectivity index (χ1) is 11.4. The molecule has 0 saturated carbocycles. The van der Waals surface area contributed by atoms with Gasteiger partial charge in [0.1, 0.15) is 13.2 Å². The van der Waals surface area contributed by atoms with Crippen LogP contribution < -0.4 is 0 Å². The lowest BCUT2D eigenvalue weighted by Crippen LogP contribution is -2.43. The van der Waals surface area contributed by atoms with Gasteiger partial charge in [0.25, 0.3) is 0 Å². The number of rotatable bonds is 16. The van der Waals surface area contributed by atoms with E-state index in [0.29, 0.717) is 13.0 Å². The first kappa shape index (κ1) is 22.6. The summed E-state index contributed by atoms with van der Waals surface area (Å²) in [6, 6.07) is 0. The topological polar surface area (TPSA) is 63.6 Å². The fourth-order valence-electron chi connectivity index (χ4n) is 2.62. The van der Waals surface area contributed by atoms with Crippen molar-refractivity contribution >= 4 is 11.9 Å². The smallest absolute Gasteiger partial charge is 0.330 e. The Bertz CT molecular complexity index is 366. The van der Waals surface area contributed by atoms with E-state index in [1.165, 1.54) is 44.6 Å². The zero-order chi connectivity index (χ0) is 18.3. The molecule has 0 aromatic heterocycles. The Morgan fingerprint density at radius 1 is 0.917 bits per heavy atom. The minimum absolute atomic E-state index is 0.306. The van der Waals surface area contributed by atoms with Gasteiger partial charge >= 0.3 is 11.9 Å². The van der Waals surface area contributed by atoms with Crippen LogP contribution in [0.4, 0.5) is 0 Å². The Morgan fingerprint density at radius 3 is 1.92 bits per heavy atom. The molecule has 140 valence electrons. The van der Waals surface area contributed by atoms with E-state index in [9.17, 15) is 9.59 Å². The molecule has 0 rings (SSSR count). The molecule has 1 N–H and O–H groups in total. The molecule has 0 radical (unpaired) electrons. The summed E-state index contributed by atoms with van der Waals surface area (Å²) in [4.78, 5) is 21.4. The largest absolute Gasteiger partial charge is 0.481 e. The maximum absolute atomic E-state index is 11.0. The molecule has 5 heteroatoms. The van der Waals surface area contributed by atoms with Gasteiger partial charge in [-0.25, -0.2) is 4.79 Å². The number of carboxylic acid groups (broad SMARTS) is 1. The lowest BCUT2D eigenvalue weighted by atomic mass is 10.1. The summed E-state index contributed by atoms with van der Waals surface area (Å²) in [5.74, 6) is -1.03. The van der Waals surface area contributed by atoms with Gasteiger partial charge in [-0.05, 0) is 19.3 Å². The highest BCUT2D eigenvalue weighted by Crippen LogP contribution is 2.11. The highest BCUT2D eigenvalue weighted by Gasteiger charge is 2.14. The quantitative estimate of drug-likeness (QED) is 0.201. The molecule has 0 amide bonds. The number of carbonyl (C=O) groups excluding carboxylic acids is 1. The van der Waals surface area contributed by atoms with Gasteiger partial charge in [-0.2, -0.15) is 0 Å². The van der Waals surface area contributed by atoms with Crippen molar-refractivity contribution in [3.63, 3.8) is 0 Å². The second kappa shape index (κ2) is 14.0. The molecule has 0 saturated heterocycles. The van der Waals surface area contributed by atoms with Crippen LogP contribution in [0.5, 0.6) is 0 Å². The van der Waals surface area contributed by atoms with E-state index in [1.54, 1.807) is 0 Å². The van der Waals surface area contributed by atoms with Crippen LogP contribution in [-0.4, -0.2) is 55.3 Å². The first-order valence-corrected chi connectivity index (χ1v) is 9.20. The van der Waals surface area contributed by atoms with Crippen LogP contribution in [-0.2, 0) is 14.3 Å². The molecule has 24 heavy (non-hydrogen) atoms. The van der Waals surface area contributed by atoms with Crippen LogP contribution in [0, 0.1) is 0 Å². The lowest BCUT2D eigenvalue weighted by molar-refractivity contribution is -0.890. The molecule has 0 unspecified atom stereocenters. The van der Waals surface area contributed by atoms with Crippen molar-refractivity contribution in [3.8, 4) is 0 Å². The van der Waals surface area contributed by atoms with Crippen LogP contribution in [0.25, 0.3) is 0 Å². The van der Waals surface area contributed by atoms with Gasteiger partial charge in [0.05, 0.1) is 20.6 Å². The minimum atomic E-state index is -0.685. The standard InChI is InChI=1S/C19H35NO4/c1-4-19(23)24-17-16-20(2,3)15-13-11-9-7-5-6-8-10-12-14-18(21)22/h4H,1,5-17H2,2-3H3/p+1. The molecule has 0 spiro atoms. The van der Waals surface area contributed by atoms with Crippen LogP contribution in [0.2, 0.25) is 0 Å². The van der Waals surface area contributed by atoms with Crippen molar-refractivity contribution < 1.29 is 23.9 Å². The summed E-state index contributed by atoms with van der Waals surface area (Å²) in [6.07, 6.45) is 11.9. The minimum Gasteiger partial charge on any atom is -0.481 e. The van der Waals surface area contributed by atoms with Crippen LogP contribution in [0.1, 0.15) is 64.2 Å². The summed E-state index contributed by atoms with van der Waals surface area (Å²) in [5.41, 5.74) is 0. The number of ether oxygens (including phenoxy) is 1. The Balaban J connectivity index is 3.40. The molecular weight excluding hydrogens is 306 g/mol. The summed E-state index contributed by atoms with van der Waals surface area (Å²) >= 11 is 0.